The molecule has 0 bridgehead atoms. The first-order valence-electron chi connectivity index (χ1n) is 11.6. The highest BCUT2D eigenvalue weighted by Gasteiger charge is 2.81. The van der Waals surface area contributed by atoms with Crippen LogP contribution in [0.2, 0.25) is 0 Å². The minimum Gasteiger partial charge on any atom is -0.468 e. The van der Waals surface area contributed by atoms with E-state index in [2.05, 4.69) is 5.43 Å². The summed E-state index contributed by atoms with van der Waals surface area (Å²) in [5, 5.41) is 0.784. The number of carbonyl (C=O) groups is 4. The third-order valence-corrected chi connectivity index (χ3v) is 7.25. The van der Waals surface area contributed by atoms with Crippen molar-refractivity contribution in [1.29, 1.82) is 0 Å². The van der Waals surface area contributed by atoms with Gasteiger partial charge in [-0.15, -0.1) is 0 Å². The summed E-state index contributed by atoms with van der Waals surface area (Å²) in [7, 11) is 1.20. The molecule has 0 spiro atoms. The summed E-state index contributed by atoms with van der Waals surface area (Å²) in [5.41, 5.74) is -0.0918. The largest absolute Gasteiger partial charge is 0.468 e. The van der Waals surface area contributed by atoms with E-state index in [1.165, 1.54) is 7.11 Å². The molecule has 202 valence electrons. The first kappa shape index (κ1) is 27.6. The third-order valence-electron chi connectivity index (χ3n) is 6.92. The van der Waals surface area contributed by atoms with Gasteiger partial charge in [0.15, 0.2) is 0 Å². The molecule has 3 fully saturated rings. The fourth-order valence-electron chi connectivity index (χ4n) is 5.64. The van der Waals surface area contributed by atoms with Crippen molar-refractivity contribution < 1.29 is 38.1 Å². The molecule has 1 aromatic rings. The molecule has 1 aromatic carbocycles. The maximum Gasteiger partial charge on any atom is 0.427 e. The summed E-state index contributed by atoms with van der Waals surface area (Å²) in [5.74, 6) is -2.93. The number of esters is 2. The van der Waals surface area contributed by atoms with Crippen molar-refractivity contribution in [1.82, 2.24) is 15.3 Å². The number of nitrogens with zero attached hydrogens (tertiary/aromatic N) is 2. The Hall–Kier alpha value is -2.47. The SMILES string of the molecule is CCOC(=O)[C@@]12[C@@H]3[C@@H](CC[C@]3(C(=O)OC)NN1C(=O)OCC(Cl)(Cl)Cl)CN2C(=O)OCc1ccccc1. The van der Waals surface area contributed by atoms with Gasteiger partial charge in [-0.25, -0.2) is 29.6 Å². The molecule has 2 saturated heterocycles. The number of nitrogens with one attached hydrogen (secondary N) is 1. The molecule has 14 heteroatoms. The number of likely N-dealkylation sites (tertiary alicyclic amines) is 1. The van der Waals surface area contributed by atoms with Gasteiger partial charge in [0.2, 0.25) is 9.46 Å². The molecule has 1 saturated carbocycles. The average Bonchev–Trinajstić information content (AvgIpc) is 3.51. The van der Waals surface area contributed by atoms with Gasteiger partial charge < -0.3 is 18.9 Å². The summed E-state index contributed by atoms with van der Waals surface area (Å²) in [6, 6.07) is 8.94. The number of hydrogen-bond donors (Lipinski definition) is 1. The lowest BCUT2D eigenvalue weighted by atomic mass is 9.78. The summed E-state index contributed by atoms with van der Waals surface area (Å²) < 4.78 is 19.2. The lowest BCUT2D eigenvalue weighted by Crippen LogP contribution is -2.67. The summed E-state index contributed by atoms with van der Waals surface area (Å²) >= 11 is 17.2. The molecule has 4 atom stereocenters. The van der Waals surface area contributed by atoms with Crippen LogP contribution >= 0.6 is 34.8 Å². The highest BCUT2D eigenvalue weighted by Crippen LogP contribution is 2.59. The Morgan fingerprint density at radius 2 is 1.76 bits per heavy atom. The van der Waals surface area contributed by atoms with Gasteiger partial charge in [-0.05, 0) is 31.2 Å². The molecule has 2 aliphatic heterocycles. The molecule has 2 amide bonds. The molecule has 0 aromatic heterocycles. The number of methoxy groups -OCH3 is 1. The second-order valence-electron chi connectivity index (χ2n) is 8.95. The monoisotopic (exact) mass is 577 g/mol. The Labute approximate surface area is 228 Å². The second-order valence-corrected chi connectivity index (χ2v) is 11.5. The molecular weight excluding hydrogens is 553 g/mol. The Morgan fingerprint density at radius 3 is 2.38 bits per heavy atom. The number of hydrazine groups is 1. The van der Waals surface area contributed by atoms with Crippen molar-refractivity contribution >= 4 is 58.9 Å². The number of carbonyl (C=O) groups excluding carboxylic acids is 4. The highest BCUT2D eigenvalue weighted by atomic mass is 35.6. The molecule has 11 nitrogen and oxygen atoms in total. The number of hydrogen-bond acceptors (Lipinski definition) is 9. The standard InChI is InChI=1S/C23H26Cl3N3O8/c1-3-35-18(31)23-16-15(11-28(23)19(32)36-12-14-7-5-4-6-8-14)9-10-21(16,17(30)34-2)27-29(23)20(33)37-13-22(24,25)26/h4-8,15-16,27H,3,9-13H2,1-2H3/t15-,16+,21-,23+/m0/s1. The van der Waals surface area contributed by atoms with Gasteiger partial charge >= 0.3 is 24.1 Å². The highest BCUT2D eigenvalue weighted by molar-refractivity contribution is 6.67. The maximum absolute atomic E-state index is 13.7. The van der Waals surface area contributed by atoms with Crippen LogP contribution < -0.4 is 5.43 Å². The Kier molecular flexibility index (Phi) is 7.72. The number of halogens is 3. The third kappa shape index (κ3) is 4.67. The molecule has 0 unspecified atom stereocenters. The topological polar surface area (TPSA) is 124 Å². The number of alkyl halides is 3. The number of amides is 2. The minimum atomic E-state index is -2.12. The zero-order valence-corrected chi connectivity index (χ0v) is 22.3. The van der Waals surface area contributed by atoms with Gasteiger partial charge in [-0.2, -0.15) is 0 Å². The zero-order valence-electron chi connectivity index (χ0n) is 20.1. The van der Waals surface area contributed by atoms with Crippen molar-refractivity contribution in [3.05, 3.63) is 35.9 Å². The van der Waals surface area contributed by atoms with Crippen LogP contribution in [-0.2, 0) is 35.1 Å². The Bertz CT molecular complexity index is 1070. The predicted molar refractivity (Wildman–Crippen MR) is 130 cm³/mol. The van der Waals surface area contributed by atoms with Gasteiger partial charge in [0.1, 0.15) is 18.8 Å². The van der Waals surface area contributed by atoms with Gasteiger partial charge in [0.25, 0.3) is 0 Å². The van der Waals surface area contributed by atoms with Crippen LogP contribution in [0.25, 0.3) is 0 Å². The van der Waals surface area contributed by atoms with Crippen LogP contribution in [0.5, 0.6) is 0 Å². The molecule has 1 N–H and O–H groups in total. The lowest BCUT2D eigenvalue weighted by molar-refractivity contribution is -0.168. The fourth-order valence-corrected chi connectivity index (χ4v) is 5.81. The second kappa shape index (κ2) is 10.4. The van der Waals surface area contributed by atoms with E-state index < -0.39 is 51.6 Å². The zero-order chi connectivity index (χ0) is 27.0. The van der Waals surface area contributed by atoms with Crippen LogP contribution in [0.4, 0.5) is 9.59 Å². The molecule has 2 heterocycles. The van der Waals surface area contributed by atoms with E-state index in [-0.39, 0.29) is 32.1 Å². The Balaban J connectivity index is 1.77. The number of rotatable bonds is 6. The number of ether oxygens (including phenoxy) is 4. The van der Waals surface area contributed by atoms with E-state index in [1.54, 1.807) is 31.2 Å². The lowest BCUT2D eigenvalue weighted by Gasteiger charge is -2.40. The van der Waals surface area contributed by atoms with Crippen molar-refractivity contribution in [3.8, 4) is 0 Å². The van der Waals surface area contributed by atoms with Crippen LogP contribution in [0.15, 0.2) is 30.3 Å². The van der Waals surface area contributed by atoms with Gasteiger partial charge in [0.05, 0.1) is 13.7 Å². The van der Waals surface area contributed by atoms with Gasteiger partial charge in [0, 0.05) is 12.5 Å². The van der Waals surface area contributed by atoms with E-state index in [4.69, 9.17) is 53.8 Å². The molecule has 3 aliphatic rings. The van der Waals surface area contributed by atoms with E-state index in [9.17, 15) is 19.2 Å². The molecule has 1 aliphatic carbocycles. The first-order chi connectivity index (χ1) is 17.5. The van der Waals surface area contributed by atoms with E-state index in [1.807, 2.05) is 6.07 Å². The van der Waals surface area contributed by atoms with E-state index in [0.29, 0.717) is 12.0 Å². The Morgan fingerprint density at radius 1 is 1.05 bits per heavy atom. The summed E-state index contributed by atoms with van der Waals surface area (Å²) in [6.07, 6.45) is -1.34. The summed E-state index contributed by atoms with van der Waals surface area (Å²) in [6.45, 7) is 0.789. The van der Waals surface area contributed by atoms with E-state index in [0.717, 1.165) is 9.91 Å². The number of benzene rings is 1. The van der Waals surface area contributed by atoms with Crippen molar-refractivity contribution in [2.24, 2.45) is 11.8 Å². The fraction of sp³-hybridized carbons (Fsp3) is 0.565. The predicted octanol–water partition coefficient (Wildman–Crippen LogP) is 3.16. The quantitative estimate of drug-likeness (QED) is 0.308. The molecular formula is C23H26Cl3N3O8. The van der Waals surface area contributed by atoms with Crippen LogP contribution in [0, 0.1) is 11.8 Å². The van der Waals surface area contributed by atoms with Gasteiger partial charge in [-0.1, -0.05) is 65.1 Å². The van der Waals surface area contributed by atoms with Crippen LogP contribution in [0.1, 0.15) is 25.3 Å². The van der Waals surface area contributed by atoms with E-state index >= 15 is 0 Å². The van der Waals surface area contributed by atoms with Crippen molar-refractivity contribution in [2.45, 2.75) is 41.4 Å². The average molecular weight is 579 g/mol. The van der Waals surface area contributed by atoms with Crippen LogP contribution in [0.3, 0.4) is 0 Å². The van der Waals surface area contributed by atoms with Gasteiger partial charge in [-0.3, -0.25) is 4.90 Å². The molecule has 0 radical (unpaired) electrons. The van der Waals surface area contributed by atoms with Crippen LogP contribution in [-0.4, -0.2) is 75.9 Å². The molecule has 37 heavy (non-hydrogen) atoms. The minimum absolute atomic E-state index is 0.0196. The normalized spacial score (nSPS) is 28.0. The molecule has 4 rings (SSSR count). The maximum atomic E-state index is 13.7. The first-order valence-corrected chi connectivity index (χ1v) is 12.7. The summed E-state index contributed by atoms with van der Waals surface area (Å²) in [4.78, 5) is 54.8. The smallest absolute Gasteiger partial charge is 0.427 e. The van der Waals surface area contributed by atoms with Crippen molar-refractivity contribution in [3.63, 3.8) is 0 Å². The van der Waals surface area contributed by atoms with Crippen molar-refractivity contribution in [2.75, 3.05) is 26.9 Å².